The molecule has 0 aliphatic carbocycles. The first-order valence-electron chi connectivity index (χ1n) is 10.2. The Morgan fingerprint density at radius 2 is 1.61 bits per heavy atom. The molecule has 4 rings (SSSR count). The quantitative estimate of drug-likeness (QED) is 0.555. The van der Waals surface area contributed by atoms with Crippen LogP contribution in [-0.2, 0) is 10.0 Å². The molecule has 0 radical (unpaired) electrons. The zero-order valence-electron chi connectivity index (χ0n) is 17.9. The molecule has 0 N–H and O–H groups in total. The number of rotatable bonds is 4. The second-order valence-electron chi connectivity index (χ2n) is 7.72. The standard InChI is InChI=1S/C22H21ClF2N4O3S/c1-14-21(23)15(2)29(26-14)17-5-3-16(4-6-17)22(30)27-9-11-28(12-10-27)33(31,32)18-7-8-19(24)20(25)13-18/h3-8,13H,9-12H2,1-2H3. The van der Waals surface area contributed by atoms with E-state index in [4.69, 9.17) is 11.6 Å². The van der Waals surface area contributed by atoms with Crippen molar-refractivity contribution in [2.75, 3.05) is 26.2 Å². The number of sulfonamides is 1. The maximum absolute atomic E-state index is 13.5. The number of hydrogen-bond donors (Lipinski definition) is 0. The summed E-state index contributed by atoms with van der Waals surface area (Å²) in [4.78, 5) is 14.1. The zero-order chi connectivity index (χ0) is 23.9. The van der Waals surface area contributed by atoms with Crippen LogP contribution in [0.1, 0.15) is 21.7 Å². The van der Waals surface area contributed by atoms with Crippen molar-refractivity contribution < 1.29 is 22.0 Å². The number of benzene rings is 2. The first-order chi connectivity index (χ1) is 15.6. The third kappa shape index (κ3) is 4.38. The van der Waals surface area contributed by atoms with Gasteiger partial charge in [-0.05, 0) is 56.3 Å². The topological polar surface area (TPSA) is 75.5 Å². The summed E-state index contributed by atoms with van der Waals surface area (Å²) in [5.41, 5.74) is 2.74. The molecule has 174 valence electrons. The molecule has 0 spiro atoms. The molecule has 0 atom stereocenters. The number of nitrogens with zero attached hydrogens (tertiary/aromatic N) is 4. The summed E-state index contributed by atoms with van der Waals surface area (Å²) in [6.07, 6.45) is 0. The van der Waals surface area contributed by atoms with Gasteiger partial charge in [0, 0.05) is 31.7 Å². The molecule has 1 amide bonds. The van der Waals surface area contributed by atoms with E-state index in [1.54, 1.807) is 33.8 Å². The molecule has 0 unspecified atom stereocenters. The molecule has 1 saturated heterocycles. The number of carbonyl (C=O) groups is 1. The van der Waals surface area contributed by atoms with Gasteiger partial charge in [-0.3, -0.25) is 4.79 Å². The van der Waals surface area contributed by atoms with Gasteiger partial charge in [0.25, 0.3) is 5.91 Å². The Bertz CT molecular complexity index is 1320. The van der Waals surface area contributed by atoms with E-state index in [-0.39, 0.29) is 37.0 Å². The molecule has 7 nitrogen and oxygen atoms in total. The lowest BCUT2D eigenvalue weighted by molar-refractivity contribution is 0.0698. The minimum absolute atomic E-state index is 0.0510. The normalized spacial score (nSPS) is 15.1. The fourth-order valence-electron chi connectivity index (χ4n) is 3.72. The fraction of sp³-hybridized carbons (Fsp3) is 0.273. The SMILES string of the molecule is Cc1nn(-c2ccc(C(=O)N3CCN(S(=O)(=O)c4ccc(F)c(F)c4)CC3)cc2)c(C)c1Cl. The molecular weight excluding hydrogens is 474 g/mol. The van der Waals surface area contributed by atoms with E-state index >= 15 is 0 Å². The molecule has 1 fully saturated rings. The van der Waals surface area contributed by atoms with Gasteiger partial charge in [-0.2, -0.15) is 9.40 Å². The van der Waals surface area contributed by atoms with E-state index in [0.29, 0.717) is 22.3 Å². The van der Waals surface area contributed by atoms with E-state index in [1.165, 1.54) is 4.31 Å². The number of halogens is 3. The Labute approximate surface area is 195 Å². The monoisotopic (exact) mass is 494 g/mol. The minimum atomic E-state index is -3.99. The summed E-state index contributed by atoms with van der Waals surface area (Å²) < 4.78 is 55.0. The highest BCUT2D eigenvalue weighted by molar-refractivity contribution is 7.89. The molecule has 2 aromatic carbocycles. The molecule has 33 heavy (non-hydrogen) atoms. The smallest absolute Gasteiger partial charge is 0.253 e. The summed E-state index contributed by atoms with van der Waals surface area (Å²) in [7, 11) is -3.99. The number of piperazine rings is 1. The van der Waals surface area contributed by atoms with Crippen LogP contribution in [0.2, 0.25) is 5.02 Å². The highest BCUT2D eigenvalue weighted by Crippen LogP contribution is 2.23. The molecule has 11 heteroatoms. The molecule has 1 aromatic heterocycles. The lowest BCUT2D eigenvalue weighted by Gasteiger charge is -2.34. The van der Waals surface area contributed by atoms with Crippen LogP contribution in [0.5, 0.6) is 0 Å². The Kier molecular flexibility index (Phi) is 6.26. The maximum atomic E-state index is 13.5. The summed E-state index contributed by atoms with van der Waals surface area (Å²) in [5.74, 6) is -2.56. The highest BCUT2D eigenvalue weighted by atomic mass is 35.5. The number of amides is 1. The van der Waals surface area contributed by atoms with Gasteiger partial charge in [-0.1, -0.05) is 11.6 Å². The summed E-state index contributed by atoms with van der Waals surface area (Å²) in [6, 6.07) is 9.40. The van der Waals surface area contributed by atoms with Crippen LogP contribution in [0.3, 0.4) is 0 Å². The van der Waals surface area contributed by atoms with Crippen LogP contribution in [-0.4, -0.2) is 59.5 Å². The van der Waals surface area contributed by atoms with Crippen LogP contribution < -0.4 is 0 Å². The maximum Gasteiger partial charge on any atom is 0.253 e. The van der Waals surface area contributed by atoms with Gasteiger partial charge >= 0.3 is 0 Å². The van der Waals surface area contributed by atoms with Gasteiger partial charge in [-0.15, -0.1) is 0 Å². The van der Waals surface area contributed by atoms with Crippen LogP contribution in [0.25, 0.3) is 5.69 Å². The van der Waals surface area contributed by atoms with Crippen molar-refractivity contribution in [3.8, 4) is 5.69 Å². The lowest BCUT2D eigenvalue weighted by Crippen LogP contribution is -2.50. The van der Waals surface area contributed by atoms with Crippen LogP contribution in [0.4, 0.5) is 8.78 Å². The second-order valence-corrected chi connectivity index (χ2v) is 10.0. The molecule has 1 aliphatic heterocycles. The van der Waals surface area contributed by atoms with E-state index < -0.39 is 21.7 Å². The van der Waals surface area contributed by atoms with Crippen molar-refractivity contribution in [2.45, 2.75) is 18.7 Å². The number of carbonyl (C=O) groups excluding carboxylic acids is 1. The third-order valence-electron chi connectivity index (χ3n) is 5.62. The van der Waals surface area contributed by atoms with Gasteiger partial charge < -0.3 is 4.90 Å². The van der Waals surface area contributed by atoms with Crippen LogP contribution in [0.15, 0.2) is 47.4 Å². The Hall–Kier alpha value is -2.82. The summed E-state index contributed by atoms with van der Waals surface area (Å²) >= 11 is 6.20. The summed E-state index contributed by atoms with van der Waals surface area (Å²) in [5, 5.41) is 4.98. The average molecular weight is 495 g/mol. The average Bonchev–Trinajstić information content (AvgIpc) is 3.07. The van der Waals surface area contributed by atoms with E-state index in [0.717, 1.165) is 23.5 Å². The van der Waals surface area contributed by atoms with Crippen LogP contribution >= 0.6 is 11.6 Å². The number of aromatic nitrogens is 2. The minimum Gasteiger partial charge on any atom is -0.336 e. The number of aryl methyl sites for hydroxylation is 1. The van der Waals surface area contributed by atoms with Crippen molar-refractivity contribution in [1.82, 2.24) is 19.0 Å². The predicted octanol–water partition coefficient (Wildman–Crippen LogP) is 3.57. The molecule has 0 saturated carbocycles. The van der Waals surface area contributed by atoms with Gasteiger partial charge in [0.15, 0.2) is 11.6 Å². The van der Waals surface area contributed by atoms with E-state index in [2.05, 4.69) is 5.10 Å². The number of hydrogen-bond acceptors (Lipinski definition) is 4. The van der Waals surface area contributed by atoms with Crippen molar-refractivity contribution in [1.29, 1.82) is 0 Å². The lowest BCUT2D eigenvalue weighted by atomic mass is 10.1. The first-order valence-corrected chi connectivity index (χ1v) is 12.0. The molecule has 2 heterocycles. The second kappa shape index (κ2) is 8.85. The summed E-state index contributed by atoms with van der Waals surface area (Å²) in [6.45, 7) is 4.13. The van der Waals surface area contributed by atoms with Gasteiger partial charge in [0.05, 0.1) is 27.0 Å². The first kappa shape index (κ1) is 23.3. The molecule has 1 aliphatic rings. The van der Waals surface area contributed by atoms with Gasteiger partial charge in [-0.25, -0.2) is 21.9 Å². The van der Waals surface area contributed by atoms with E-state index in [9.17, 15) is 22.0 Å². The predicted molar refractivity (Wildman–Crippen MR) is 119 cm³/mol. The zero-order valence-corrected chi connectivity index (χ0v) is 19.5. The van der Waals surface area contributed by atoms with Gasteiger partial charge in [0.1, 0.15) is 0 Å². The molecule has 3 aromatic rings. The van der Waals surface area contributed by atoms with Crippen molar-refractivity contribution >= 4 is 27.5 Å². The van der Waals surface area contributed by atoms with E-state index in [1.807, 2.05) is 13.8 Å². The Balaban J connectivity index is 1.44. The van der Waals surface area contributed by atoms with Crippen LogP contribution in [0, 0.1) is 25.5 Å². The highest BCUT2D eigenvalue weighted by Gasteiger charge is 2.31. The van der Waals surface area contributed by atoms with Crippen molar-refractivity contribution in [2.24, 2.45) is 0 Å². The molecular formula is C22H21ClF2N4O3S. The van der Waals surface area contributed by atoms with Crippen molar-refractivity contribution in [3.05, 3.63) is 76.1 Å². The Morgan fingerprint density at radius 3 is 2.15 bits per heavy atom. The largest absolute Gasteiger partial charge is 0.336 e. The third-order valence-corrected chi connectivity index (χ3v) is 8.06. The molecule has 0 bridgehead atoms. The Morgan fingerprint density at radius 1 is 0.970 bits per heavy atom. The fourth-order valence-corrected chi connectivity index (χ4v) is 5.27. The van der Waals surface area contributed by atoms with Gasteiger partial charge in [0.2, 0.25) is 10.0 Å². The van der Waals surface area contributed by atoms with Crippen molar-refractivity contribution in [3.63, 3.8) is 0 Å².